The maximum absolute atomic E-state index is 12.2. The van der Waals surface area contributed by atoms with E-state index < -0.39 is 11.0 Å². The van der Waals surface area contributed by atoms with Crippen LogP contribution in [0.2, 0.25) is 5.15 Å². The first-order valence-corrected chi connectivity index (χ1v) is 7.50. The monoisotopic (exact) mass is 286 g/mol. The highest BCUT2D eigenvalue weighted by Gasteiger charge is 2.45. The van der Waals surface area contributed by atoms with Crippen LogP contribution < -0.4 is 0 Å². The van der Waals surface area contributed by atoms with Crippen molar-refractivity contribution in [3.05, 3.63) is 29.0 Å². The van der Waals surface area contributed by atoms with Crippen molar-refractivity contribution >= 4 is 22.6 Å². The smallest absolute Gasteiger partial charge is 0.129 e. The van der Waals surface area contributed by atoms with Crippen LogP contribution in [-0.2, 0) is 16.4 Å². The van der Waals surface area contributed by atoms with E-state index in [4.69, 9.17) is 11.6 Å². The average molecular weight is 287 g/mol. The molecule has 0 N–H and O–H groups in total. The summed E-state index contributed by atoms with van der Waals surface area (Å²) in [7, 11) is -0.936. The molecule has 1 aromatic heterocycles. The van der Waals surface area contributed by atoms with E-state index >= 15 is 0 Å². The fourth-order valence-electron chi connectivity index (χ4n) is 2.20. The molecule has 0 aromatic carbocycles. The second kappa shape index (κ2) is 4.58. The molecule has 2 heterocycles. The van der Waals surface area contributed by atoms with E-state index in [1.165, 1.54) is 5.56 Å². The van der Waals surface area contributed by atoms with E-state index in [9.17, 15) is 4.21 Å². The van der Waals surface area contributed by atoms with Gasteiger partial charge in [0.05, 0.1) is 15.7 Å². The van der Waals surface area contributed by atoms with Crippen LogP contribution in [0, 0.1) is 0 Å². The van der Waals surface area contributed by atoms with Crippen LogP contribution in [0.1, 0.15) is 33.3 Å². The molecule has 1 aliphatic rings. The highest BCUT2D eigenvalue weighted by Crippen LogP contribution is 2.37. The Balaban J connectivity index is 2.10. The van der Waals surface area contributed by atoms with Crippen molar-refractivity contribution in [2.75, 3.05) is 13.1 Å². The SMILES string of the molecule is CC1(c2ccnc(Cl)c2)CN(S(=O)C(C)(C)C)C1. The van der Waals surface area contributed by atoms with Crippen LogP contribution in [0.25, 0.3) is 0 Å². The van der Waals surface area contributed by atoms with Gasteiger partial charge in [-0.25, -0.2) is 13.5 Å². The van der Waals surface area contributed by atoms with Gasteiger partial charge in [-0.15, -0.1) is 0 Å². The molecule has 5 heteroatoms. The normalized spacial score (nSPS) is 21.4. The number of rotatable bonds is 2. The van der Waals surface area contributed by atoms with E-state index in [-0.39, 0.29) is 10.2 Å². The summed E-state index contributed by atoms with van der Waals surface area (Å²) in [6, 6.07) is 3.89. The molecule has 100 valence electrons. The number of halogens is 1. The number of nitrogens with zero attached hydrogens (tertiary/aromatic N) is 2. The van der Waals surface area contributed by atoms with Crippen LogP contribution in [-0.4, -0.2) is 31.3 Å². The van der Waals surface area contributed by atoms with E-state index in [1.54, 1.807) is 6.20 Å². The lowest BCUT2D eigenvalue weighted by molar-refractivity contribution is 0.176. The predicted molar refractivity (Wildman–Crippen MR) is 76.1 cm³/mol. The summed E-state index contributed by atoms with van der Waals surface area (Å²) in [4.78, 5) is 4.00. The first kappa shape index (κ1) is 14.0. The largest absolute Gasteiger partial charge is 0.245 e. The molecule has 0 aliphatic carbocycles. The standard InChI is InChI=1S/C13H19ClN2OS/c1-12(2,3)18(17)16-8-13(4,9-16)10-5-6-15-11(14)7-10/h5-7H,8-9H2,1-4H3. The molecule has 0 bridgehead atoms. The molecule has 1 unspecified atom stereocenters. The van der Waals surface area contributed by atoms with E-state index in [1.807, 2.05) is 37.2 Å². The maximum atomic E-state index is 12.2. The lowest BCUT2D eigenvalue weighted by Crippen LogP contribution is -2.60. The molecular formula is C13H19ClN2OS. The van der Waals surface area contributed by atoms with E-state index in [2.05, 4.69) is 11.9 Å². The molecule has 1 aromatic rings. The van der Waals surface area contributed by atoms with Gasteiger partial charge in [0.25, 0.3) is 0 Å². The molecular weight excluding hydrogens is 268 g/mol. The first-order valence-electron chi connectivity index (χ1n) is 6.01. The quantitative estimate of drug-likeness (QED) is 0.783. The Morgan fingerprint density at radius 2 is 2.06 bits per heavy atom. The van der Waals surface area contributed by atoms with Crippen LogP contribution in [0.4, 0.5) is 0 Å². The second-order valence-electron chi connectivity index (χ2n) is 6.09. The highest BCUT2D eigenvalue weighted by molar-refractivity contribution is 7.84. The molecule has 3 nitrogen and oxygen atoms in total. The molecule has 0 saturated carbocycles. The van der Waals surface area contributed by atoms with Crippen molar-refractivity contribution in [1.29, 1.82) is 0 Å². The molecule has 1 saturated heterocycles. The minimum atomic E-state index is -0.936. The zero-order valence-corrected chi connectivity index (χ0v) is 12.8. The first-order chi connectivity index (χ1) is 8.22. The minimum Gasteiger partial charge on any atom is -0.245 e. The van der Waals surface area contributed by atoms with Gasteiger partial charge >= 0.3 is 0 Å². The van der Waals surface area contributed by atoms with E-state index in [0.717, 1.165) is 13.1 Å². The van der Waals surface area contributed by atoms with Crippen LogP contribution >= 0.6 is 11.6 Å². The van der Waals surface area contributed by atoms with Crippen molar-refractivity contribution in [3.8, 4) is 0 Å². The minimum absolute atomic E-state index is 0.0352. The maximum Gasteiger partial charge on any atom is 0.129 e. The zero-order chi connectivity index (χ0) is 13.6. The van der Waals surface area contributed by atoms with Gasteiger partial charge in [0.1, 0.15) is 5.15 Å². The van der Waals surface area contributed by atoms with Crippen molar-refractivity contribution < 1.29 is 4.21 Å². The molecule has 1 fully saturated rings. The number of hydrogen-bond donors (Lipinski definition) is 0. The van der Waals surface area contributed by atoms with Gasteiger partial charge in [0.2, 0.25) is 0 Å². The number of aromatic nitrogens is 1. The van der Waals surface area contributed by atoms with Crippen molar-refractivity contribution in [3.63, 3.8) is 0 Å². The molecule has 0 amide bonds. The molecule has 2 rings (SSSR count). The third-order valence-corrected chi connectivity index (χ3v) is 5.21. The molecule has 0 spiro atoms. The van der Waals surface area contributed by atoms with Gasteiger partial charge < -0.3 is 0 Å². The van der Waals surface area contributed by atoms with Gasteiger partial charge in [0, 0.05) is 24.7 Å². The fourth-order valence-corrected chi connectivity index (χ4v) is 3.95. The Labute approximate surface area is 116 Å². The third-order valence-electron chi connectivity index (χ3n) is 3.23. The van der Waals surface area contributed by atoms with Gasteiger partial charge in [-0.1, -0.05) is 18.5 Å². The summed E-state index contributed by atoms with van der Waals surface area (Å²) in [6.45, 7) is 9.79. The summed E-state index contributed by atoms with van der Waals surface area (Å²) in [5.41, 5.74) is 1.21. The lowest BCUT2D eigenvalue weighted by atomic mass is 9.78. The van der Waals surface area contributed by atoms with Crippen molar-refractivity contribution in [2.24, 2.45) is 0 Å². The van der Waals surface area contributed by atoms with Crippen molar-refractivity contribution in [1.82, 2.24) is 9.29 Å². The number of hydrogen-bond acceptors (Lipinski definition) is 2. The Morgan fingerprint density at radius 1 is 1.44 bits per heavy atom. The average Bonchev–Trinajstić information content (AvgIpc) is 2.22. The van der Waals surface area contributed by atoms with E-state index in [0.29, 0.717) is 5.15 Å². The summed E-state index contributed by atoms with van der Waals surface area (Å²) in [5.74, 6) is 0. The molecule has 0 radical (unpaired) electrons. The van der Waals surface area contributed by atoms with Gasteiger partial charge in [-0.2, -0.15) is 0 Å². The predicted octanol–water partition coefficient (Wildman–Crippen LogP) is 2.77. The Hall–Kier alpha value is -0.450. The Kier molecular flexibility index (Phi) is 3.56. The topological polar surface area (TPSA) is 33.2 Å². The molecule has 18 heavy (non-hydrogen) atoms. The Bertz CT molecular complexity index is 478. The summed E-state index contributed by atoms with van der Waals surface area (Å²) in [5, 5.41) is 0.518. The summed E-state index contributed by atoms with van der Waals surface area (Å²) >= 11 is 5.92. The van der Waals surface area contributed by atoms with Gasteiger partial charge in [0.15, 0.2) is 0 Å². The molecule has 1 atom stereocenters. The second-order valence-corrected chi connectivity index (χ2v) is 8.71. The summed E-state index contributed by atoms with van der Waals surface area (Å²) in [6.07, 6.45) is 1.73. The third kappa shape index (κ3) is 2.60. The number of pyridine rings is 1. The zero-order valence-electron chi connectivity index (χ0n) is 11.2. The van der Waals surface area contributed by atoms with Crippen LogP contribution in [0.5, 0.6) is 0 Å². The summed E-state index contributed by atoms with van der Waals surface area (Å²) < 4.78 is 14.1. The fraction of sp³-hybridized carbons (Fsp3) is 0.615. The van der Waals surface area contributed by atoms with Crippen molar-refractivity contribution in [2.45, 2.75) is 37.9 Å². The molecule has 1 aliphatic heterocycles. The van der Waals surface area contributed by atoms with Gasteiger partial charge in [-0.3, -0.25) is 0 Å². The van der Waals surface area contributed by atoms with Crippen LogP contribution in [0.3, 0.4) is 0 Å². The Morgan fingerprint density at radius 3 is 2.56 bits per heavy atom. The van der Waals surface area contributed by atoms with Gasteiger partial charge in [-0.05, 0) is 38.5 Å². The van der Waals surface area contributed by atoms with Crippen LogP contribution in [0.15, 0.2) is 18.3 Å². The lowest BCUT2D eigenvalue weighted by Gasteiger charge is -2.49. The highest BCUT2D eigenvalue weighted by atomic mass is 35.5.